The Kier molecular flexibility index (Phi) is 3.50. The molecule has 0 heterocycles. The minimum atomic E-state index is -0.593. The standard InChI is InChI=1S/C9H10N2O2/c1-2-10-13-9(12)11-8-6-4-3-5-7-8/h2-7H,1H3,(H,11,12)/b10-2+. The summed E-state index contributed by atoms with van der Waals surface area (Å²) in [6.07, 6.45) is 0.800. The lowest BCUT2D eigenvalue weighted by atomic mass is 10.3. The summed E-state index contributed by atoms with van der Waals surface area (Å²) in [5.41, 5.74) is 0.679. The van der Waals surface area contributed by atoms with Gasteiger partial charge in [0.15, 0.2) is 0 Å². The third-order valence-corrected chi connectivity index (χ3v) is 1.26. The van der Waals surface area contributed by atoms with Crippen LogP contribution in [0.2, 0.25) is 0 Å². The van der Waals surface area contributed by atoms with Gasteiger partial charge in [0.05, 0.1) is 0 Å². The second-order valence-corrected chi connectivity index (χ2v) is 2.23. The summed E-state index contributed by atoms with van der Waals surface area (Å²) in [6, 6.07) is 9.02. The number of nitrogens with one attached hydrogen (secondary N) is 1. The second-order valence-electron chi connectivity index (χ2n) is 2.23. The average Bonchev–Trinajstić information content (AvgIpc) is 2.16. The highest BCUT2D eigenvalue weighted by atomic mass is 16.7. The number of rotatable bonds is 2. The third-order valence-electron chi connectivity index (χ3n) is 1.26. The van der Waals surface area contributed by atoms with E-state index >= 15 is 0 Å². The molecule has 0 spiro atoms. The van der Waals surface area contributed by atoms with E-state index in [0.717, 1.165) is 0 Å². The molecule has 13 heavy (non-hydrogen) atoms. The van der Waals surface area contributed by atoms with Crippen molar-refractivity contribution in [3.8, 4) is 0 Å². The van der Waals surface area contributed by atoms with Crippen LogP contribution in [0.3, 0.4) is 0 Å². The van der Waals surface area contributed by atoms with E-state index < -0.39 is 6.09 Å². The fraction of sp³-hybridized carbons (Fsp3) is 0.111. The predicted octanol–water partition coefficient (Wildman–Crippen LogP) is 2.24. The van der Waals surface area contributed by atoms with Gasteiger partial charge in [-0.3, -0.25) is 10.2 Å². The van der Waals surface area contributed by atoms with E-state index in [1.165, 1.54) is 6.21 Å². The lowest BCUT2D eigenvalue weighted by molar-refractivity contribution is 0.167. The molecule has 1 N–H and O–H groups in total. The van der Waals surface area contributed by atoms with Crippen LogP contribution in [0.15, 0.2) is 35.5 Å². The third kappa shape index (κ3) is 3.37. The Labute approximate surface area is 76.2 Å². The van der Waals surface area contributed by atoms with Crippen LogP contribution in [-0.4, -0.2) is 12.3 Å². The number of carbonyl (C=O) groups is 1. The molecule has 0 aliphatic heterocycles. The van der Waals surface area contributed by atoms with E-state index in [1.807, 2.05) is 18.2 Å². The molecular formula is C9H10N2O2. The van der Waals surface area contributed by atoms with Gasteiger partial charge in [-0.05, 0) is 19.1 Å². The van der Waals surface area contributed by atoms with Crippen molar-refractivity contribution < 1.29 is 9.63 Å². The highest BCUT2D eigenvalue weighted by Gasteiger charge is 1.99. The van der Waals surface area contributed by atoms with Crippen molar-refractivity contribution in [1.29, 1.82) is 0 Å². The largest absolute Gasteiger partial charge is 0.437 e. The molecule has 1 amide bonds. The summed E-state index contributed by atoms with van der Waals surface area (Å²) in [5, 5.41) is 5.83. The number of hydrogen-bond acceptors (Lipinski definition) is 3. The molecule has 0 aromatic heterocycles. The van der Waals surface area contributed by atoms with Crippen molar-refractivity contribution in [2.75, 3.05) is 5.32 Å². The monoisotopic (exact) mass is 178 g/mol. The quantitative estimate of drug-likeness (QED) is 0.429. The fourth-order valence-corrected chi connectivity index (χ4v) is 0.763. The summed E-state index contributed by atoms with van der Waals surface area (Å²) < 4.78 is 0. The smallest absolute Gasteiger partial charge is 0.298 e. The first-order chi connectivity index (χ1) is 6.33. The van der Waals surface area contributed by atoms with Gasteiger partial charge in [0.25, 0.3) is 0 Å². The maximum absolute atomic E-state index is 10.9. The molecule has 0 radical (unpaired) electrons. The van der Waals surface area contributed by atoms with Crippen LogP contribution in [0.4, 0.5) is 10.5 Å². The molecule has 0 fully saturated rings. The molecule has 0 aliphatic rings. The van der Waals surface area contributed by atoms with Crippen molar-refractivity contribution in [2.45, 2.75) is 6.92 Å². The van der Waals surface area contributed by atoms with Gasteiger partial charge in [-0.2, -0.15) is 0 Å². The number of nitrogens with zero attached hydrogens (tertiary/aromatic N) is 1. The van der Waals surface area contributed by atoms with E-state index in [4.69, 9.17) is 0 Å². The van der Waals surface area contributed by atoms with Gasteiger partial charge in [-0.25, -0.2) is 4.79 Å². The number of anilines is 1. The Balaban J connectivity index is 2.46. The number of hydrogen-bond donors (Lipinski definition) is 1. The van der Waals surface area contributed by atoms with Crippen molar-refractivity contribution in [3.63, 3.8) is 0 Å². The van der Waals surface area contributed by atoms with Gasteiger partial charge in [0.2, 0.25) is 0 Å². The Morgan fingerprint density at radius 1 is 1.46 bits per heavy atom. The first kappa shape index (κ1) is 9.25. The maximum Gasteiger partial charge on any atom is 0.437 e. The van der Waals surface area contributed by atoms with E-state index in [2.05, 4.69) is 15.3 Å². The molecule has 4 nitrogen and oxygen atoms in total. The SMILES string of the molecule is C/C=N/OC(=O)Nc1ccccc1. The molecule has 0 bridgehead atoms. The lowest BCUT2D eigenvalue weighted by Gasteiger charge is -2.00. The molecule has 0 aliphatic carbocycles. The fourth-order valence-electron chi connectivity index (χ4n) is 0.763. The molecule has 68 valence electrons. The number of benzene rings is 1. The van der Waals surface area contributed by atoms with Crippen molar-refractivity contribution in [2.24, 2.45) is 5.16 Å². The zero-order valence-corrected chi connectivity index (χ0v) is 7.23. The van der Waals surface area contributed by atoms with Crippen LogP contribution in [-0.2, 0) is 4.84 Å². The highest BCUT2D eigenvalue weighted by Crippen LogP contribution is 2.04. The maximum atomic E-state index is 10.9. The Bertz CT molecular complexity index is 296. The van der Waals surface area contributed by atoms with E-state index in [0.29, 0.717) is 5.69 Å². The summed E-state index contributed by atoms with van der Waals surface area (Å²) >= 11 is 0. The minimum absolute atomic E-state index is 0.593. The molecule has 1 aromatic rings. The molecular weight excluding hydrogens is 168 g/mol. The number of oxime groups is 1. The van der Waals surface area contributed by atoms with Crippen LogP contribution < -0.4 is 5.32 Å². The van der Waals surface area contributed by atoms with Gasteiger partial charge < -0.3 is 0 Å². The Hall–Kier alpha value is -1.84. The van der Waals surface area contributed by atoms with Crippen LogP contribution in [0.25, 0.3) is 0 Å². The van der Waals surface area contributed by atoms with Gasteiger partial charge in [0, 0.05) is 11.9 Å². The number of carbonyl (C=O) groups excluding carboxylic acids is 1. The van der Waals surface area contributed by atoms with Crippen molar-refractivity contribution in [1.82, 2.24) is 0 Å². The molecule has 1 aromatic carbocycles. The predicted molar refractivity (Wildman–Crippen MR) is 50.7 cm³/mol. The molecule has 1 rings (SSSR count). The Morgan fingerprint density at radius 3 is 2.77 bits per heavy atom. The first-order valence-corrected chi connectivity index (χ1v) is 3.84. The minimum Gasteiger partial charge on any atom is -0.298 e. The van der Waals surface area contributed by atoms with Gasteiger partial charge in [-0.1, -0.05) is 23.4 Å². The zero-order chi connectivity index (χ0) is 9.52. The molecule has 0 saturated carbocycles. The average molecular weight is 178 g/mol. The summed E-state index contributed by atoms with van der Waals surface area (Å²) in [6.45, 7) is 1.66. The van der Waals surface area contributed by atoms with E-state index in [1.54, 1.807) is 19.1 Å². The molecule has 4 heteroatoms. The summed E-state index contributed by atoms with van der Waals surface area (Å²) in [5.74, 6) is 0. The van der Waals surface area contributed by atoms with Crippen LogP contribution in [0.5, 0.6) is 0 Å². The normalized spacial score (nSPS) is 9.92. The molecule has 0 atom stereocenters. The van der Waals surface area contributed by atoms with Crippen molar-refractivity contribution >= 4 is 18.0 Å². The highest BCUT2D eigenvalue weighted by molar-refractivity contribution is 5.84. The van der Waals surface area contributed by atoms with Gasteiger partial charge >= 0.3 is 6.09 Å². The molecule has 0 saturated heterocycles. The van der Waals surface area contributed by atoms with Crippen LogP contribution in [0.1, 0.15) is 6.92 Å². The lowest BCUT2D eigenvalue weighted by Crippen LogP contribution is -2.10. The van der Waals surface area contributed by atoms with Crippen LogP contribution in [0, 0.1) is 0 Å². The topological polar surface area (TPSA) is 50.7 Å². The first-order valence-electron chi connectivity index (χ1n) is 3.84. The Morgan fingerprint density at radius 2 is 2.15 bits per heavy atom. The number of amides is 1. The molecule has 0 unspecified atom stereocenters. The van der Waals surface area contributed by atoms with Gasteiger partial charge in [-0.15, -0.1) is 0 Å². The summed E-state index contributed by atoms with van der Waals surface area (Å²) in [4.78, 5) is 15.3. The summed E-state index contributed by atoms with van der Waals surface area (Å²) in [7, 11) is 0. The number of para-hydroxylation sites is 1. The van der Waals surface area contributed by atoms with Crippen molar-refractivity contribution in [3.05, 3.63) is 30.3 Å². The second kappa shape index (κ2) is 4.92. The van der Waals surface area contributed by atoms with Crippen LogP contribution >= 0.6 is 0 Å². The zero-order valence-electron chi connectivity index (χ0n) is 7.23. The van der Waals surface area contributed by atoms with E-state index in [-0.39, 0.29) is 0 Å². The van der Waals surface area contributed by atoms with E-state index in [9.17, 15) is 4.79 Å². The van der Waals surface area contributed by atoms with Gasteiger partial charge in [0.1, 0.15) is 0 Å².